The molecule has 0 bridgehead atoms. The Morgan fingerprint density at radius 3 is 1.83 bits per heavy atom. The Bertz CT molecular complexity index is 1520. The Morgan fingerprint density at radius 2 is 1.26 bits per heavy atom. The number of nitrogens with zero attached hydrogens (tertiary/aromatic N) is 2. The first-order valence-electron chi connectivity index (χ1n) is 14.2. The Morgan fingerprint density at radius 1 is 0.738 bits per heavy atom. The van der Waals surface area contributed by atoms with Gasteiger partial charge in [0.2, 0.25) is 11.8 Å². The highest BCUT2D eigenvalue weighted by Gasteiger charge is 2.34. The fourth-order valence-electron chi connectivity index (χ4n) is 4.68. The molecule has 0 unspecified atom stereocenters. The average Bonchev–Trinajstić information content (AvgIpc) is 3.03. The second-order valence-corrected chi connectivity index (χ2v) is 11.9. The van der Waals surface area contributed by atoms with Gasteiger partial charge in [-0.15, -0.1) is 0 Å². The topological polar surface area (TPSA) is 86.8 Å². The molecule has 0 aliphatic rings. The molecule has 0 aliphatic heterocycles. The first-order chi connectivity index (χ1) is 20.4. The second-order valence-electron chi connectivity index (χ2n) is 10.0. The zero-order valence-corrected chi connectivity index (χ0v) is 24.6. The Balaban J connectivity index is 1.75. The smallest absolute Gasteiger partial charge is 0.264 e. The van der Waals surface area contributed by atoms with Crippen molar-refractivity contribution in [2.45, 2.75) is 43.7 Å². The van der Waals surface area contributed by atoms with Gasteiger partial charge in [0, 0.05) is 19.5 Å². The van der Waals surface area contributed by atoms with Gasteiger partial charge in [-0.1, -0.05) is 110 Å². The largest absolute Gasteiger partial charge is 0.354 e. The summed E-state index contributed by atoms with van der Waals surface area (Å²) in [6, 6.07) is 34.7. The zero-order valence-electron chi connectivity index (χ0n) is 23.8. The van der Waals surface area contributed by atoms with Crippen LogP contribution in [0.3, 0.4) is 0 Å². The van der Waals surface area contributed by atoms with Gasteiger partial charge in [0.15, 0.2) is 0 Å². The van der Waals surface area contributed by atoms with Crippen molar-refractivity contribution in [3.63, 3.8) is 0 Å². The molecule has 0 saturated carbocycles. The predicted octanol–water partition coefficient (Wildman–Crippen LogP) is 5.44. The third-order valence-corrected chi connectivity index (χ3v) is 8.74. The number of sulfonamides is 1. The van der Waals surface area contributed by atoms with Crippen molar-refractivity contribution in [3.8, 4) is 0 Å². The average molecular weight is 584 g/mol. The van der Waals surface area contributed by atoms with E-state index in [1.807, 2.05) is 67.6 Å². The van der Waals surface area contributed by atoms with E-state index in [2.05, 4.69) is 5.32 Å². The van der Waals surface area contributed by atoms with Gasteiger partial charge in [-0.05, 0) is 41.8 Å². The first kappa shape index (κ1) is 30.5. The molecule has 0 saturated heterocycles. The number of rotatable bonds is 14. The maximum absolute atomic E-state index is 14.3. The van der Waals surface area contributed by atoms with E-state index in [0.717, 1.165) is 28.3 Å². The number of hydrogen-bond acceptors (Lipinski definition) is 4. The van der Waals surface area contributed by atoms with Gasteiger partial charge < -0.3 is 10.2 Å². The highest BCUT2D eigenvalue weighted by Crippen LogP contribution is 2.24. The normalized spacial score (nSPS) is 11.8. The van der Waals surface area contributed by atoms with Crippen LogP contribution in [0.1, 0.15) is 30.9 Å². The summed E-state index contributed by atoms with van der Waals surface area (Å²) in [4.78, 5) is 29.6. The number of anilines is 1. The summed E-state index contributed by atoms with van der Waals surface area (Å²) in [5.74, 6) is -0.748. The van der Waals surface area contributed by atoms with E-state index in [1.54, 1.807) is 48.5 Å². The maximum atomic E-state index is 14.3. The molecular weight excluding hydrogens is 546 g/mol. The van der Waals surface area contributed by atoms with Crippen LogP contribution < -0.4 is 9.62 Å². The number of carbonyl (C=O) groups is 2. The molecule has 2 amide bonds. The van der Waals surface area contributed by atoms with Crippen LogP contribution in [0.2, 0.25) is 0 Å². The third kappa shape index (κ3) is 8.07. The van der Waals surface area contributed by atoms with Crippen LogP contribution in [0.15, 0.2) is 126 Å². The summed E-state index contributed by atoms with van der Waals surface area (Å²) in [5, 5.41) is 3.00. The molecule has 0 fully saturated rings. The highest BCUT2D eigenvalue weighted by molar-refractivity contribution is 7.92. The van der Waals surface area contributed by atoms with Crippen molar-refractivity contribution in [2.75, 3.05) is 17.4 Å². The number of carbonyl (C=O) groups excluding carboxylic acids is 2. The SMILES string of the molecule is CCCCNC(=O)[C@@H](Cc1ccccc1)N(Cc1ccccc1)C(=O)CN(c1ccccc1)S(=O)(=O)c1ccccc1. The van der Waals surface area contributed by atoms with Crippen molar-refractivity contribution in [3.05, 3.63) is 132 Å². The van der Waals surface area contributed by atoms with Gasteiger partial charge in [-0.25, -0.2) is 8.42 Å². The number of hydrogen-bond donors (Lipinski definition) is 1. The molecule has 0 aromatic heterocycles. The lowest BCUT2D eigenvalue weighted by molar-refractivity contribution is -0.140. The lowest BCUT2D eigenvalue weighted by atomic mass is 10.0. The van der Waals surface area contributed by atoms with Crippen LogP contribution in [-0.4, -0.2) is 44.3 Å². The van der Waals surface area contributed by atoms with Crippen molar-refractivity contribution >= 4 is 27.5 Å². The molecule has 0 heterocycles. The Kier molecular flexibility index (Phi) is 10.9. The van der Waals surface area contributed by atoms with E-state index in [0.29, 0.717) is 12.2 Å². The van der Waals surface area contributed by atoms with Gasteiger partial charge >= 0.3 is 0 Å². The second kappa shape index (κ2) is 15.0. The van der Waals surface area contributed by atoms with Gasteiger partial charge in [0.1, 0.15) is 12.6 Å². The van der Waals surface area contributed by atoms with E-state index in [9.17, 15) is 18.0 Å². The number of unbranched alkanes of at least 4 members (excludes halogenated alkanes) is 1. The minimum atomic E-state index is -4.09. The minimum absolute atomic E-state index is 0.0782. The predicted molar refractivity (Wildman–Crippen MR) is 166 cm³/mol. The van der Waals surface area contributed by atoms with Gasteiger partial charge in [0.05, 0.1) is 10.6 Å². The van der Waals surface area contributed by atoms with Crippen LogP contribution in [0.25, 0.3) is 0 Å². The molecule has 218 valence electrons. The molecular formula is C34H37N3O4S. The van der Waals surface area contributed by atoms with Gasteiger partial charge in [0.25, 0.3) is 10.0 Å². The number of para-hydroxylation sites is 1. The molecule has 0 aliphatic carbocycles. The van der Waals surface area contributed by atoms with E-state index in [4.69, 9.17) is 0 Å². The monoisotopic (exact) mass is 583 g/mol. The molecule has 4 aromatic rings. The summed E-state index contributed by atoms with van der Waals surface area (Å²) in [5.41, 5.74) is 2.10. The van der Waals surface area contributed by atoms with E-state index < -0.39 is 28.5 Å². The summed E-state index contributed by atoms with van der Waals surface area (Å²) in [7, 11) is -4.09. The molecule has 42 heavy (non-hydrogen) atoms. The summed E-state index contributed by atoms with van der Waals surface area (Å²) >= 11 is 0. The van der Waals surface area contributed by atoms with E-state index >= 15 is 0 Å². The third-order valence-electron chi connectivity index (χ3n) is 6.95. The Labute approximate surface area is 248 Å². The van der Waals surface area contributed by atoms with Crippen LogP contribution in [0, 0.1) is 0 Å². The van der Waals surface area contributed by atoms with Crippen LogP contribution in [-0.2, 0) is 32.6 Å². The lowest BCUT2D eigenvalue weighted by Crippen LogP contribution is -2.53. The van der Waals surface area contributed by atoms with Crippen molar-refractivity contribution in [2.24, 2.45) is 0 Å². The minimum Gasteiger partial charge on any atom is -0.354 e. The van der Waals surface area contributed by atoms with Gasteiger partial charge in [-0.3, -0.25) is 13.9 Å². The molecule has 0 spiro atoms. The zero-order chi connectivity index (χ0) is 29.8. The van der Waals surface area contributed by atoms with Gasteiger partial charge in [-0.2, -0.15) is 0 Å². The number of amides is 2. The van der Waals surface area contributed by atoms with E-state index in [-0.39, 0.29) is 23.8 Å². The van der Waals surface area contributed by atoms with Crippen LogP contribution >= 0.6 is 0 Å². The van der Waals surface area contributed by atoms with Crippen LogP contribution in [0.5, 0.6) is 0 Å². The number of nitrogens with one attached hydrogen (secondary N) is 1. The summed E-state index contributed by atoms with van der Waals surface area (Å²) < 4.78 is 28.9. The van der Waals surface area contributed by atoms with Crippen molar-refractivity contribution < 1.29 is 18.0 Å². The molecule has 4 rings (SSSR count). The fourth-order valence-corrected chi connectivity index (χ4v) is 6.12. The molecule has 4 aromatic carbocycles. The summed E-state index contributed by atoms with van der Waals surface area (Å²) in [6.45, 7) is 2.21. The maximum Gasteiger partial charge on any atom is 0.264 e. The lowest BCUT2D eigenvalue weighted by Gasteiger charge is -2.34. The number of benzene rings is 4. The molecule has 8 heteroatoms. The van der Waals surface area contributed by atoms with Crippen LogP contribution in [0.4, 0.5) is 5.69 Å². The van der Waals surface area contributed by atoms with Crippen molar-refractivity contribution in [1.29, 1.82) is 0 Å². The Hall–Kier alpha value is -4.43. The first-order valence-corrected chi connectivity index (χ1v) is 15.6. The standard InChI is InChI=1S/C34H37N3O4S/c1-2-3-24-35-34(39)32(25-28-16-8-4-9-17-28)36(26-29-18-10-5-11-19-29)33(38)27-37(30-20-12-6-13-21-30)42(40,41)31-22-14-7-15-23-31/h4-23,32H,2-3,24-27H2,1H3,(H,35,39)/t32-/m1/s1. The molecule has 1 atom stereocenters. The molecule has 0 radical (unpaired) electrons. The summed E-state index contributed by atoms with van der Waals surface area (Å²) in [6.07, 6.45) is 2.02. The molecule has 1 N–H and O–H groups in total. The highest BCUT2D eigenvalue weighted by atomic mass is 32.2. The fraction of sp³-hybridized carbons (Fsp3) is 0.235. The quantitative estimate of drug-likeness (QED) is 0.200. The molecule has 7 nitrogen and oxygen atoms in total. The van der Waals surface area contributed by atoms with E-state index in [1.165, 1.54) is 17.0 Å². The van der Waals surface area contributed by atoms with Crippen molar-refractivity contribution in [1.82, 2.24) is 10.2 Å².